The van der Waals surface area contributed by atoms with E-state index in [9.17, 15) is 0 Å². The molecule has 0 radical (unpaired) electrons. The molecule has 106 valence electrons. The van der Waals surface area contributed by atoms with Crippen molar-refractivity contribution in [1.82, 2.24) is 4.90 Å². The lowest BCUT2D eigenvalue weighted by Gasteiger charge is -2.22. The van der Waals surface area contributed by atoms with Crippen molar-refractivity contribution in [3.63, 3.8) is 0 Å². The quantitative estimate of drug-likeness (QED) is 0.850. The maximum Gasteiger partial charge on any atom is 0.119 e. The average molecular weight is 264 g/mol. The summed E-state index contributed by atoms with van der Waals surface area (Å²) < 4.78 is 10.9. The molecule has 1 heterocycles. The lowest BCUT2D eigenvalue weighted by Crippen LogP contribution is -2.33. The van der Waals surface area contributed by atoms with Crippen molar-refractivity contribution in [3.8, 4) is 11.5 Å². The third kappa shape index (κ3) is 3.85. The van der Waals surface area contributed by atoms with Crippen LogP contribution in [-0.4, -0.2) is 44.8 Å². The van der Waals surface area contributed by atoms with E-state index in [2.05, 4.69) is 11.8 Å². The zero-order valence-corrected chi connectivity index (χ0v) is 11.9. The van der Waals surface area contributed by atoms with Crippen LogP contribution >= 0.6 is 0 Å². The van der Waals surface area contributed by atoms with Gasteiger partial charge in [0.25, 0.3) is 0 Å². The zero-order valence-electron chi connectivity index (χ0n) is 11.9. The molecule has 2 rings (SSSR count). The SMILES string of the molecule is COc1ccc(OCCN2CCC(C)(CN)C2)cc1. The van der Waals surface area contributed by atoms with Crippen LogP contribution in [0.3, 0.4) is 0 Å². The predicted octanol–water partition coefficient (Wildman–Crippen LogP) is 1.74. The van der Waals surface area contributed by atoms with Crippen LogP contribution in [0.5, 0.6) is 11.5 Å². The van der Waals surface area contributed by atoms with E-state index < -0.39 is 0 Å². The molecule has 19 heavy (non-hydrogen) atoms. The number of ether oxygens (including phenoxy) is 2. The van der Waals surface area contributed by atoms with Gasteiger partial charge in [-0.05, 0) is 49.2 Å². The Morgan fingerprint density at radius 2 is 1.95 bits per heavy atom. The molecule has 0 bridgehead atoms. The minimum atomic E-state index is 0.292. The van der Waals surface area contributed by atoms with Crippen LogP contribution < -0.4 is 15.2 Å². The first-order valence-electron chi connectivity index (χ1n) is 6.84. The average Bonchev–Trinajstić information content (AvgIpc) is 2.82. The minimum absolute atomic E-state index is 0.292. The fourth-order valence-electron chi connectivity index (χ4n) is 2.45. The summed E-state index contributed by atoms with van der Waals surface area (Å²) in [5.74, 6) is 1.74. The van der Waals surface area contributed by atoms with Gasteiger partial charge in [-0.3, -0.25) is 4.90 Å². The molecule has 1 aromatic carbocycles. The van der Waals surface area contributed by atoms with Crippen molar-refractivity contribution in [3.05, 3.63) is 24.3 Å². The maximum absolute atomic E-state index is 5.81. The molecule has 1 fully saturated rings. The molecule has 0 aliphatic carbocycles. The van der Waals surface area contributed by atoms with Crippen LogP contribution in [0.1, 0.15) is 13.3 Å². The Morgan fingerprint density at radius 1 is 1.26 bits per heavy atom. The summed E-state index contributed by atoms with van der Waals surface area (Å²) in [7, 11) is 1.66. The van der Waals surface area contributed by atoms with Crippen LogP contribution in [0.25, 0.3) is 0 Å². The summed E-state index contributed by atoms with van der Waals surface area (Å²) in [4.78, 5) is 2.43. The summed E-state index contributed by atoms with van der Waals surface area (Å²) in [5.41, 5.74) is 6.10. The van der Waals surface area contributed by atoms with Gasteiger partial charge >= 0.3 is 0 Å². The molecule has 2 N–H and O–H groups in total. The molecular formula is C15H24N2O2. The summed E-state index contributed by atoms with van der Waals surface area (Å²) >= 11 is 0. The van der Waals surface area contributed by atoms with E-state index in [-0.39, 0.29) is 0 Å². The minimum Gasteiger partial charge on any atom is -0.497 e. The van der Waals surface area contributed by atoms with Crippen molar-refractivity contribution in [1.29, 1.82) is 0 Å². The number of hydrogen-bond donors (Lipinski definition) is 1. The van der Waals surface area contributed by atoms with Gasteiger partial charge < -0.3 is 15.2 Å². The van der Waals surface area contributed by atoms with Crippen LogP contribution in [0.2, 0.25) is 0 Å². The number of hydrogen-bond acceptors (Lipinski definition) is 4. The number of rotatable bonds is 6. The molecule has 0 saturated carbocycles. The van der Waals surface area contributed by atoms with Gasteiger partial charge in [0, 0.05) is 13.1 Å². The van der Waals surface area contributed by atoms with E-state index in [1.807, 2.05) is 24.3 Å². The van der Waals surface area contributed by atoms with Crippen molar-refractivity contribution in [2.24, 2.45) is 11.1 Å². The molecule has 1 unspecified atom stereocenters. The Bertz CT molecular complexity index is 394. The first-order valence-corrected chi connectivity index (χ1v) is 6.84. The smallest absolute Gasteiger partial charge is 0.119 e. The van der Waals surface area contributed by atoms with Gasteiger partial charge in [0.1, 0.15) is 18.1 Å². The third-order valence-electron chi connectivity index (χ3n) is 3.87. The fraction of sp³-hybridized carbons (Fsp3) is 0.600. The summed E-state index contributed by atoms with van der Waals surface area (Å²) in [6.07, 6.45) is 1.19. The largest absolute Gasteiger partial charge is 0.497 e. The monoisotopic (exact) mass is 264 g/mol. The van der Waals surface area contributed by atoms with E-state index in [1.165, 1.54) is 6.42 Å². The van der Waals surface area contributed by atoms with Crippen molar-refractivity contribution >= 4 is 0 Å². The molecule has 0 spiro atoms. The Kier molecular flexibility index (Phi) is 4.66. The second kappa shape index (κ2) is 6.26. The van der Waals surface area contributed by atoms with Gasteiger partial charge in [-0.2, -0.15) is 0 Å². The number of likely N-dealkylation sites (tertiary alicyclic amines) is 1. The van der Waals surface area contributed by atoms with Crippen molar-refractivity contribution in [2.75, 3.05) is 39.9 Å². The Labute approximate surface area is 115 Å². The predicted molar refractivity (Wildman–Crippen MR) is 76.7 cm³/mol. The first-order chi connectivity index (χ1) is 9.15. The topological polar surface area (TPSA) is 47.7 Å². The van der Waals surface area contributed by atoms with Crippen LogP contribution in [0.4, 0.5) is 0 Å². The summed E-state index contributed by atoms with van der Waals surface area (Å²) in [5, 5.41) is 0. The number of methoxy groups -OCH3 is 1. The normalized spacial score (nSPS) is 23.5. The highest BCUT2D eigenvalue weighted by atomic mass is 16.5. The van der Waals surface area contributed by atoms with Gasteiger partial charge in [-0.15, -0.1) is 0 Å². The van der Waals surface area contributed by atoms with Crippen LogP contribution in [-0.2, 0) is 0 Å². The third-order valence-corrected chi connectivity index (χ3v) is 3.87. The molecule has 1 aromatic rings. The molecule has 1 aliphatic heterocycles. The van der Waals surface area contributed by atoms with Gasteiger partial charge in [0.2, 0.25) is 0 Å². The highest BCUT2D eigenvalue weighted by Crippen LogP contribution is 2.28. The standard InChI is InChI=1S/C15H24N2O2/c1-15(11-16)7-8-17(12-15)9-10-19-14-5-3-13(18-2)4-6-14/h3-6H,7-12,16H2,1-2H3. The summed E-state index contributed by atoms with van der Waals surface area (Å²) in [6, 6.07) is 7.70. The Hall–Kier alpha value is -1.26. The Balaban J connectivity index is 1.72. The van der Waals surface area contributed by atoms with E-state index in [0.29, 0.717) is 12.0 Å². The van der Waals surface area contributed by atoms with Gasteiger partial charge in [-0.1, -0.05) is 6.92 Å². The van der Waals surface area contributed by atoms with Gasteiger partial charge in [0.05, 0.1) is 7.11 Å². The fourth-order valence-corrected chi connectivity index (χ4v) is 2.45. The van der Waals surface area contributed by atoms with E-state index >= 15 is 0 Å². The molecule has 1 saturated heterocycles. The van der Waals surface area contributed by atoms with Crippen molar-refractivity contribution < 1.29 is 9.47 Å². The van der Waals surface area contributed by atoms with E-state index in [4.69, 9.17) is 15.2 Å². The van der Waals surface area contributed by atoms with Crippen LogP contribution in [0, 0.1) is 5.41 Å². The molecule has 1 aliphatic rings. The number of nitrogens with zero attached hydrogens (tertiary/aromatic N) is 1. The molecule has 4 heteroatoms. The number of benzene rings is 1. The number of nitrogens with two attached hydrogens (primary N) is 1. The highest BCUT2D eigenvalue weighted by molar-refractivity contribution is 5.31. The highest BCUT2D eigenvalue weighted by Gasteiger charge is 2.31. The lowest BCUT2D eigenvalue weighted by atomic mass is 9.90. The Morgan fingerprint density at radius 3 is 2.53 bits per heavy atom. The van der Waals surface area contributed by atoms with E-state index in [0.717, 1.165) is 37.7 Å². The second-order valence-corrected chi connectivity index (χ2v) is 5.56. The molecule has 1 atom stereocenters. The van der Waals surface area contributed by atoms with Crippen molar-refractivity contribution in [2.45, 2.75) is 13.3 Å². The molecule has 0 amide bonds. The van der Waals surface area contributed by atoms with Gasteiger partial charge in [-0.25, -0.2) is 0 Å². The maximum atomic E-state index is 5.81. The summed E-state index contributed by atoms with van der Waals surface area (Å²) in [6.45, 7) is 6.91. The first kappa shape index (κ1) is 14.2. The zero-order chi connectivity index (χ0) is 13.7. The van der Waals surface area contributed by atoms with Gasteiger partial charge in [0.15, 0.2) is 0 Å². The molecular weight excluding hydrogens is 240 g/mol. The lowest BCUT2D eigenvalue weighted by molar-refractivity contribution is 0.219. The van der Waals surface area contributed by atoms with E-state index in [1.54, 1.807) is 7.11 Å². The second-order valence-electron chi connectivity index (χ2n) is 5.56. The molecule has 0 aromatic heterocycles. The molecule has 4 nitrogen and oxygen atoms in total. The van der Waals surface area contributed by atoms with Crippen LogP contribution in [0.15, 0.2) is 24.3 Å².